The Morgan fingerprint density at radius 3 is 1.54 bits per heavy atom. The van der Waals surface area contributed by atoms with Crippen molar-refractivity contribution in [3.63, 3.8) is 0 Å². The number of rotatable bonds is 8. The molecule has 0 aliphatic carbocycles. The summed E-state index contributed by atoms with van der Waals surface area (Å²) in [5.74, 6) is 1.60. The number of aromatic nitrogens is 6. The van der Waals surface area contributed by atoms with E-state index < -0.39 is 0 Å². The third-order valence-corrected chi connectivity index (χ3v) is 13.5. The van der Waals surface area contributed by atoms with Gasteiger partial charge in [-0.1, -0.05) is 164 Å². The summed E-state index contributed by atoms with van der Waals surface area (Å²) in [6.07, 6.45) is 1.86. The van der Waals surface area contributed by atoms with Crippen molar-refractivity contribution in [2.45, 2.75) is 0 Å². The lowest BCUT2D eigenvalue weighted by Gasteiger charge is -2.20. The molecule has 0 spiro atoms. The normalized spacial score (nSPS) is 11.3. The first-order chi connectivity index (χ1) is 35.6. The first-order valence-corrected chi connectivity index (χ1v) is 23.6. The van der Waals surface area contributed by atoms with Crippen LogP contribution in [0.2, 0.25) is 0 Å². The van der Waals surface area contributed by atoms with Gasteiger partial charge < -0.3 is 9.13 Å². The van der Waals surface area contributed by atoms with E-state index in [-0.39, 0.29) is 0 Å². The maximum atomic E-state index is 10.1. The van der Waals surface area contributed by atoms with E-state index in [0.29, 0.717) is 28.7 Å². The number of nitriles is 1. The van der Waals surface area contributed by atoms with Gasteiger partial charge in [-0.15, -0.1) is 0 Å². The second-order valence-electron chi connectivity index (χ2n) is 17.6. The van der Waals surface area contributed by atoms with Crippen LogP contribution in [0, 0.1) is 17.9 Å². The zero-order chi connectivity index (χ0) is 48.1. The summed E-state index contributed by atoms with van der Waals surface area (Å²) < 4.78 is 4.63. The van der Waals surface area contributed by atoms with E-state index in [4.69, 9.17) is 26.5 Å². The van der Waals surface area contributed by atoms with Crippen LogP contribution in [0.1, 0.15) is 5.56 Å². The fourth-order valence-corrected chi connectivity index (χ4v) is 10.3. The summed E-state index contributed by atoms with van der Waals surface area (Å²) in [5.41, 5.74) is 14.7. The minimum absolute atomic E-state index is 0.498. The molecule has 0 radical (unpaired) electrons. The van der Waals surface area contributed by atoms with Gasteiger partial charge in [0, 0.05) is 50.0 Å². The molecule has 0 saturated heterocycles. The largest absolute Gasteiger partial charge is 0.309 e. The second-order valence-corrected chi connectivity index (χ2v) is 17.6. The van der Waals surface area contributed by atoms with E-state index in [2.05, 4.69) is 129 Å². The van der Waals surface area contributed by atoms with Gasteiger partial charge in [-0.2, -0.15) is 5.26 Å². The molecule has 0 saturated carbocycles. The Morgan fingerprint density at radius 1 is 0.403 bits per heavy atom. The number of pyridine rings is 1. The van der Waals surface area contributed by atoms with Crippen molar-refractivity contribution in [3.8, 4) is 85.1 Å². The summed E-state index contributed by atoms with van der Waals surface area (Å²) in [7, 11) is 0. The first kappa shape index (κ1) is 41.9. The van der Waals surface area contributed by atoms with Crippen molar-refractivity contribution in [2.75, 3.05) is 0 Å². The molecule has 0 bridgehead atoms. The van der Waals surface area contributed by atoms with Gasteiger partial charge in [0.15, 0.2) is 23.2 Å². The molecule has 4 aromatic heterocycles. The minimum atomic E-state index is 0.498. The van der Waals surface area contributed by atoms with Crippen molar-refractivity contribution in [1.29, 1.82) is 5.26 Å². The first-order valence-electron chi connectivity index (χ1n) is 23.6. The molecular formula is C64H38N8. The Hall–Kier alpha value is -10.3. The van der Waals surface area contributed by atoms with Crippen molar-refractivity contribution >= 4 is 49.3 Å². The van der Waals surface area contributed by atoms with Gasteiger partial charge in [0.2, 0.25) is 0 Å². The van der Waals surface area contributed by atoms with E-state index in [1.807, 2.05) is 121 Å². The molecule has 9 aromatic carbocycles. The van der Waals surface area contributed by atoms with Crippen LogP contribution < -0.4 is 0 Å². The number of hydrogen-bond donors (Lipinski definition) is 0. The van der Waals surface area contributed by atoms with Crippen molar-refractivity contribution in [1.82, 2.24) is 29.1 Å². The SMILES string of the molecule is [C-]#[N+]c1ccccc1-c1ccc2c(c1)c1ccccc1n2-c1cccnc1-c1c(-c2nc(-c3ccccc3)nc(-c3ccccc3)n2)cccc1-n1c2ccccc2c2cc(-c3ccccc3C#N)ccc21. The molecule has 334 valence electrons. The van der Waals surface area contributed by atoms with Crippen LogP contribution >= 0.6 is 0 Å². The van der Waals surface area contributed by atoms with Gasteiger partial charge in [-0.05, 0) is 82.9 Å². The summed E-state index contributed by atoms with van der Waals surface area (Å²) >= 11 is 0. The highest BCUT2D eigenvalue weighted by Gasteiger charge is 2.26. The highest BCUT2D eigenvalue weighted by atomic mass is 15.0. The lowest BCUT2D eigenvalue weighted by molar-refractivity contribution is 1.07. The zero-order valence-corrected chi connectivity index (χ0v) is 38.5. The van der Waals surface area contributed by atoms with Crippen LogP contribution in [0.4, 0.5) is 5.69 Å². The Bertz CT molecular complexity index is 4310. The van der Waals surface area contributed by atoms with Crippen molar-refractivity contribution in [2.24, 2.45) is 0 Å². The molecule has 0 N–H and O–H groups in total. The molecule has 13 rings (SSSR count). The van der Waals surface area contributed by atoms with Gasteiger partial charge in [0.05, 0.1) is 57.3 Å². The Balaban J connectivity index is 1.13. The smallest absolute Gasteiger partial charge is 0.194 e. The quantitative estimate of drug-likeness (QED) is 0.142. The molecule has 0 aliphatic heterocycles. The highest BCUT2D eigenvalue weighted by molar-refractivity contribution is 6.13. The average Bonchev–Trinajstić information content (AvgIpc) is 3.97. The predicted molar refractivity (Wildman–Crippen MR) is 290 cm³/mol. The highest BCUT2D eigenvalue weighted by Crippen LogP contribution is 2.45. The molecule has 0 atom stereocenters. The molecule has 0 unspecified atom stereocenters. The molecule has 8 heteroatoms. The third-order valence-electron chi connectivity index (χ3n) is 13.5. The number of para-hydroxylation sites is 3. The van der Waals surface area contributed by atoms with E-state index in [9.17, 15) is 5.26 Å². The lowest BCUT2D eigenvalue weighted by atomic mass is 9.98. The van der Waals surface area contributed by atoms with E-state index in [1.165, 1.54) is 0 Å². The fourth-order valence-electron chi connectivity index (χ4n) is 10.3. The molecule has 72 heavy (non-hydrogen) atoms. The fraction of sp³-hybridized carbons (Fsp3) is 0. The van der Waals surface area contributed by atoms with Crippen LogP contribution in [0.3, 0.4) is 0 Å². The topological polar surface area (TPSA) is 89.6 Å². The van der Waals surface area contributed by atoms with E-state index in [0.717, 1.165) is 105 Å². The van der Waals surface area contributed by atoms with Crippen molar-refractivity contribution < 1.29 is 0 Å². The molecule has 0 amide bonds. The van der Waals surface area contributed by atoms with E-state index in [1.54, 1.807) is 0 Å². The summed E-state index contributed by atoms with van der Waals surface area (Å²) in [6.45, 7) is 7.95. The molecule has 8 nitrogen and oxygen atoms in total. The third kappa shape index (κ3) is 6.90. The number of hydrogen-bond acceptors (Lipinski definition) is 5. The lowest BCUT2D eigenvalue weighted by Crippen LogP contribution is -2.06. The minimum Gasteiger partial charge on any atom is -0.309 e. The molecular weight excluding hydrogens is 881 g/mol. The van der Waals surface area contributed by atoms with Crippen LogP contribution in [-0.2, 0) is 0 Å². The maximum absolute atomic E-state index is 10.1. The van der Waals surface area contributed by atoms with Crippen molar-refractivity contribution in [3.05, 3.63) is 248 Å². The van der Waals surface area contributed by atoms with Crippen LogP contribution in [0.5, 0.6) is 0 Å². The average molecular weight is 919 g/mol. The summed E-state index contributed by atoms with van der Waals surface area (Å²) in [4.78, 5) is 25.0. The van der Waals surface area contributed by atoms with Gasteiger partial charge in [0.1, 0.15) is 0 Å². The summed E-state index contributed by atoms with van der Waals surface area (Å²) in [6, 6.07) is 78.4. The monoisotopic (exact) mass is 918 g/mol. The number of benzene rings is 9. The van der Waals surface area contributed by atoms with E-state index >= 15 is 0 Å². The van der Waals surface area contributed by atoms with Gasteiger partial charge in [0.25, 0.3) is 0 Å². The van der Waals surface area contributed by atoms with Crippen LogP contribution in [-0.4, -0.2) is 29.1 Å². The van der Waals surface area contributed by atoms with Gasteiger partial charge in [-0.3, -0.25) is 4.98 Å². The Morgan fingerprint density at radius 2 is 0.903 bits per heavy atom. The maximum Gasteiger partial charge on any atom is 0.194 e. The number of fused-ring (bicyclic) bond motifs is 6. The molecule has 0 fully saturated rings. The zero-order valence-electron chi connectivity index (χ0n) is 38.5. The molecule has 4 heterocycles. The molecule has 13 aromatic rings. The standard InChI is InChI=1S/C64H38N8/c1-66-53-28-13-10-24-47(53)44-34-36-57-52(39-44)49-26-12-15-30-55(49)72(57)59-32-17-37-67-61(59)60-50(64-69-62(41-18-4-2-5-19-41)68-63(70-64)42-20-6-3-7-21-42)27-16-31-58(60)71-54-29-14-11-25-48(54)51-38-43(33-35-56(51)71)46-23-9-8-22-45(46)40-65/h2-39H. The summed E-state index contributed by atoms with van der Waals surface area (Å²) in [5, 5.41) is 14.4. The second kappa shape index (κ2) is 17.4. The molecule has 0 aliphatic rings. The van der Waals surface area contributed by atoms with Gasteiger partial charge in [-0.25, -0.2) is 19.8 Å². The Kier molecular flexibility index (Phi) is 10.1. The van der Waals surface area contributed by atoms with Crippen LogP contribution in [0.15, 0.2) is 231 Å². The van der Waals surface area contributed by atoms with Crippen LogP contribution in [0.25, 0.3) is 128 Å². The van der Waals surface area contributed by atoms with Gasteiger partial charge >= 0.3 is 0 Å². The predicted octanol–water partition coefficient (Wildman–Crippen LogP) is 15.9. The number of nitrogens with zero attached hydrogens (tertiary/aromatic N) is 8. The Labute approximate surface area is 414 Å².